The van der Waals surface area contributed by atoms with Gasteiger partial charge in [-0.1, -0.05) is 0 Å². The standard InChI is InChI=1S/C18H27NO15S3/c1-6-30-17(21)14(3)33-35(23,24)11-7-9-19(5)16(20)13(2)32-36(25,26)12-8-10-31-18(22)15(4)34-37(27,28)29/h2-4,6-12H2,1,5H3,(H,27,28,29). The highest BCUT2D eigenvalue weighted by Crippen LogP contribution is 2.10. The van der Waals surface area contributed by atoms with Crippen LogP contribution in [0.4, 0.5) is 0 Å². The van der Waals surface area contributed by atoms with E-state index >= 15 is 0 Å². The van der Waals surface area contributed by atoms with E-state index in [1.165, 1.54) is 14.0 Å². The number of hydrogen-bond acceptors (Lipinski definition) is 14. The lowest BCUT2D eigenvalue weighted by Crippen LogP contribution is -2.31. The Balaban J connectivity index is 4.57. The highest BCUT2D eigenvalue weighted by Gasteiger charge is 2.24. The molecule has 0 atom stereocenters. The third-order valence-electron chi connectivity index (χ3n) is 3.64. The van der Waals surface area contributed by atoms with Gasteiger partial charge in [-0.15, -0.1) is 0 Å². The number of ether oxygens (including phenoxy) is 2. The third kappa shape index (κ3) is 14.9. The van der Waals surface area contributed by atoms with Gasteiger partial charge in [0.2, 0.25) is 11.5 Å². The van der Waals surface area contributed by atoms with Gasteiger partial charge < -0.3 is 26.9 Å². The quantitative estimate of drug-likeness (QED) is 0.0522. The Morgan fingerprint density at radius 1 is 0.757 bits per heavy atom. The Morgan fingerprint density at radius 3 is 1.73 bits per heavy atom. The van der Waals surface area contributed by atoms with Crippen molar-refractivity contribution >= 4 is 48.5 Å². The van der Waals surface area contributed by atoms with E-state index in [9.17, 15) is 39.6 Å². The fraction of sp³-hybridized carbons (Fsp3) is 0.500. The van der Waals surface area contributed by atoms with E-state index in [0.717, 1.165) is 4.90 Å². The molecule has 16 nitrogen and oxygen atoms in total. The summed E-state index contributed by atoms with van der Waals surface area (Å²) < 4.78 is 99.1. The minimum absolute atomic E-state index is 0.0193. The average molecular weight is 594 g/mol. The zero-order chi connectivity index (χ0) is 29.0. The van der Waals surface area contributed by atoms with Crippen molar-refractivity contribution in [1.82, 2.24) is 4.90 Å². The predicted molar refractivity (Wildman–Crippen MR) is 124 cm³/mol. The summed E-state index contributed by atoms with van der Waals surface area (Å²) in [6.45, 7) is 10.0. The second kappa shape index (κ2) is 14.5. The second-order valence-corrected chi connectivity index (χ2v) is 11.2. The molecule has 0 aromatic carbocycles. The molecule has 0 unspecified atom stereocenters. The topological polar surface area (TPSA) is 223 Å². The van der Waals surface area contributed by atoms with Crippen molar-refractivity contribution in [2.45, 2.75) is 19.8 Å². The van der Waals surface area contributed by atoms with E-state index in [-0.39, 0.29) is 26.0 Å². The molecule has 0 fully saturated rings. The second-order valence-electron chi connectivity index (χ2n) is 6.76. The molecule has 0 aromatic heterocycles. The first-order valence-corrected chi connectivity index (χ1v) is 14.5. The van der Waals surface area contributed by atoms with Crippen LogP contribution in [0.1, 0.15) is 19.8 Å². The molecule has 0 aliphatic rings. The number of esters is 2. The molecule has 0 saturated carbocycles. The Hall–Kier alpha value is -3.16. The van der Waals surface area contributed by atoms with Gasteiger partial charge in [-0.05, 0) is 39.5 Å². The molecule has 0 rings (SSSR count). The van der Waals surface area contributed by atoms with Gasteiger partial charge in [0.15, 0.2) is 5.76 Å². The van der Waals surface area contributed by atoms with Gasteiger partial charge in [0.25, 0.3) is 5.91 Å². The molecule has 0 aliphatic heterocycles. The molecular formula is C18H27NO15S3. The van der Waals surface area contributed by atoms with Gasteiger partial charge in [0.1, 0.15) is 0 Å². The summed E-state index contributed by atoms with van der Waals surface area (Å²) in [6.07, 6.45) is -0.516. The minimum atomic E-state index is -4.99. The van der Waals surface area contributed by atoms with E-state index in [0.29, 0.717) is 0 Å². The van der Waals surface area contributed by atoms with E-state index in [1.54, 1.807) is 0 Å². The summed E-state index contributed by atoms with van der Waals surface area (Å²) in [7, 11) is -12.4. The summed E-state index contributed by atoms with van der Waals surface area (Å²) in [5.41, 5.74) is 0. The van der Waals surface area contributed by atoms with Gasteiger partial charge >= 0.3 is 42.6 Å². The van der Waals surface area contributed by atoms with Crippen LogP contribution in [-0.2, 0) is 67.0 Å². The zero-order valence-electron chi connectivity index (χ0n) is 19.9. The summed E-state index contributed by atoms with van der Waals surface area (Å²) in [6, 6.07) is 0. The van der Waals surface area contributed by atoms with Crippen molar-refractivity contribution in [2.75, 3.05) is 38.3 Å². The Bertz CT molecular complexity index is 1220. The van der Waals surface area contributed by atoms with Crippen LogP contribution in [0.2, 0.25) is 0 Å². The lowest BCUT2D eigenvalue weighted by Gasteiger charge is -2.18. The molecule has 0 spiro atoms. The summed E-state index contributed by atoms with van der Waals surface area (Å²) in [4.78, 5) is 35.9. The zero-order valence-corrected chi connectivity index (χ0v) is 22.4. The minimum Gasteiger partial charge on any atom is -0.460 e. The van der Waals surface area contributed by atoms with Crippen molar-refractivity contribution in [3.05, 3.63) is 37.0 Å². The van der Waals surface area contributed by atoms with Crippen LogP contribution in [0.3, 0.4) is 0 Å². The molecule has 0 radical (unpaired) electrons. The number of amides is 1. The van der Waals surface area contributed by atoms with Crippen LogP contribution in [0, 0.1) is 0 Å². The largest absolute Gasteiger partial charge is 0.460 e. The SMILES string of the molecule is C=C(OS(=O)(=O)O)C(=O)OCCCS(=O)(=O)OC(=C)C(=O)N(C)CCCS(=O)(=O)OC(=C)C(=O)OCC. The summed E-state index contributed by atoms with van der Waals surface area (Å²) >= 11 is 0. The average Bonchev–Trinajstić information content (AvgIpc) is 2.73. The van der Waals surface area contributed by atoms with E-state index < -0.39 is 83.9 Å². The highest BCUT2D eigenvalue weighted by atomic mass is 32.3. The lowest BCUT2D eigenvalue weighted by atomic mass is 10.4. The van der Waals surface area contributed by atoms with Crippen LogP contribution in [0.15, 0.2) is 37.0 Å². The third-order valence-corrected chi connectivity index (χ3v) is 6.54. The molecule has 0 heterocycles. The molecule has 212 valence electrons. The predicted octanol–water partition coefficient (Wildman–Crippen LogP) is -0.615. The fourth-order valence-corrected chi connectivity index (χ4v) is 4.30. The molecule has 1 N–H and O–H groups in total. The molecule has 1 amide bonds. The first-order valence-electron chi connectivity index (χ1n) is 9.98. The van der Waals surface area contributed by atoms with E-state index in [2.05, 4.69) is 41.8 Å². The van der Waals surface area contributed by atoms with E-state index in [1.807, 2.05) is 0 Å². The van der Waals surface area contributed by atoms with Crippen molar-refractivity contribution in [3.63, 3.8) is 0 Å². The van der Waals surface area contributed by atoms with Crippen molar-refractivity contribution < 1.29 is 66.2 Å². The van der Waals surface area contributed by atoms with Crippen LogP contribution in [-0.4, -0.2) is 90.9 Å². The molecule has 0 bridgehead atoms. The number of carbonyl (C=O) groups excluding carboxylic acids is 3. The summed E-state index contributed by atoms with van der Waals surface area (Å²) in [5, 5.41) is 0. The maximum atomic E-state index is 12.2. The highest BCUT2D eigenvalue weighted by molar-refractivity contribution is 7.87. The molecule has 0 saturated heterocycles. The monoisotopic (exact) mass is 593 g/mol. The number of carbonyl (C=O) groups is 3. The first kappa shape index (κ1) is 33.8. The number of likely N-dealkylation sites (N-methyl/N-ethyl adjacent to an activating group) is 1. The van der Waals surface area contributed by atoms with Crippen LogP contribution < -0.4 is 0 Å². The molecule has 19 heteroatoms. The molecular weight excluding hydrogens is 566 g/mol. The van der Waals surface area contributed by atoms with Gasteiger partial charge in [0.05, 0.1) is 24.7 Å². The number of rotatable bonds is 18. The van der Waals surface area contributed by atoms with Gasteiger partial charge in [-0.25, -0.2) is 9.59 Å². The van der Waals surface area contributed by atoms with Crippen molar-refractivity contribution in [3.8, 4) is 0 Å². The van der Waals surface area contributed by atoms with Crippen LogP contribution >= 0.6 is 0 Å². The Labute approximate surface area is 214 Å². The first-order chi connectivity index (χ1) is 16.8. The van der Waals surface area contributed by atoms with E-state index in [4.69, 9.17) is 4.55 Å². The summed E-state index contributed by atoms with van der Waals surface area (Å²) in [5.74, 6) is -7.38. The maximum Gasteiger partial charge on any atom is 0.446 e. The van der Waals surface area contributed by atoms with Crippen molar-refractivity contribution in [2.24, 2.45) is 0 Å². The van der Waals surface area contributed by atoms with Crippen LogP contribution in [0.25, 0.3) is 0 Å². The van der Waals surface area contributed by atoms with Crippen molar-refractivity contribution in [1.29, 1.82) is 0 Å². The molecule has 37 heavy (non-hydrogen) atoms. The van der Waals surface area contributed by atoms with Gasteiger partial charge in [-0.2, -0.15) is 25.3 Å². The Morgan fingerprint density at radius 2 is 1.22 bits per heavy atom. The number of hydrogen-bond donors (Lipinski definition) is 1. The number of nitrogens with zero attached hydrogens (tertiary/aromatic N) is 1. The molecule has 0 aliphatic carbocycles. The Kier molecular flexibility index (Phi) is 13.3. The molecule has 0 aromatic rings. The van der Waals surface area contributed by atoms with Gasteiger partial charge in [0, 0.05) is 13.6 Å². The lowest BCUT2D eigenvalue weighted by molar-refractivity contribution is -0.142. The van der Waals surface area contributed by atoms with Gasteiger partial charge in [-0.3, -0.25) is 9.35 Å². The fourth-order valence-electron chi connectivity index (χ4n) is 2.11. The van der Waals surface area contributed by atoms with Crippen LogP contribution in [0.5, 0.6) is 0 Å². The smallest absolute Gasteiger partial charge is 0.446 e. The normalized spacial score (nSPS) is 11.5. The maximum absolute atomic E-state index is 12.2.